The molecule has 0 aromatic carbocycles. The highest BCUT2D eigenvalue weighted by Crippen LogP contribution is 2.57. The summed E-state index contributed by atoms with van der Waals surface area (Å²) in [5.41, 5.74) is 0. The first-order valence-corrected chi connectivity index (χ1v) is 14.5. The van der Waals surface area contributed by atoms with Gasteiger partial charge in [0.1, 0.15) is 40.9 Å². The molecule has 4 bridgehead atoms. The summed E-state index contributed by atoms with van der Waals surface area (Å²) in [5, 5.41) is 25.2. The van der Waals surface area contributed by atoms with Gasteiger partial charge in [0.2, 0.25) is 11.8 Å². The van der Waals surface area contributed by atoms with E-state index in [9.17, 15) is 38.8 Å². The van der Waals surface area contributed by atoms with Crippen LogP contribution in [0.3, 0.4) is 0 Å². The second-order valence-corrected chi connectivity index (χ2v) is 12.8. The van der Waals surface area contributed by atoms with Crippen LogP contribution in [0.2, 0.25) is 0 Å². The van der Waals surface area contributed by atoms with E-state index in [0.717, 1.165) is 9.80 Å². The summed E-state index contributed by atoms with van der Waals surface area (Å²) in [4.78, 5) is 65.5. The number of phosphoric ester groups is 1. The molecule has 6 rings (SSSR count). The van der Waals surface area contributed by atoms with Crippen LogP contribution in [0.4, 0.5) is 9.59 Å². The summed E-state index contributed by atoms with van der Waals surface area (Å²) in [6.45, 7) is -1.42. The number of carbonyl (C=O) groups excluding carboxylic acids is 4. The molecule has 18 nitrogen and oxygen atoms in total. The lowest BCUT2D eigenvalue weighted by Crippen LogP contribution is -2.91. The van der Waals surface area contributed by atoms with E-state index in [1.807, 2.05) is 0 Å². The van der Waals surface area contributed by atoms with Crippen LogP contribution in [-0.4, -0.2) is 142 Å². The van der Waals surface area contributed by atoms with Crippen molar-refractivity contribution in [2.24, 2.45) is 5.92 Å². The summed E-state index contributed by atoms with van der Waals surface area (Å²) in [7, 11) is -2.50. The number of methoxy groups -OCH3 is 2. The minimum absolute atomic E-state index is 0.689. The second-order valence-electron chi connectivity index (χ2n) is 10.1. The summed E-state index contributed by atoms with van der Waals surface area (Å²) in [5.74, 6) is -2.90. The highest BCUT2D eigenvalue weighted by atomic mass is 79.9. The number of ether oxygens (including phenoxy) is 4. The molecule has 0 radical (unpaired) electrons. The Bertz CT molecular complexity index is 1200. The number of hydrogen-bond acceptors (Lipinski definition) is 13. The van der Waals surface area contributed by atoms with E-state index in [-0.39, 0.29) is 0 Å². The van der Waals surface area contributed by atoms with Crippen molar-refractivity contribution in [1.29, 1.82) is 0 Å². The van der Waals surface area contributed by atoms with Crippen LogP contribution < -0.4 is 10.6 Å². The molecule has 1 aliphatic carbocycles. The fraction of sp³-hybridized carbons (Fsp3) is 0.800. The van der Waals surface area contributed by atoms with Gasteiger partial charge in [-0.25, -0.2) is 14.2 Å². The number of hydrogen-bond donors (Lipinski definition) is 5. The predicted octanol–water partition coefficient (Wildman–Crippen LogP) is -3.06. The molecule has 20 heteroatoms. The Labute approximate surface area is 233 Å². The number of nitrogens with zero attached hydrogens (tertiary/aromatic N) is 2. The van der Waals surface area contributed by atoms with Crippen LogP contribution in [0, 0.1) is 5.92 Å². The van der Waals surface area contributed by atoms with Gasteiger partial charge in [-0.05, 0) is 0 Å². The van der Waals surface area contributed by atoms with E-state index in [4.69, 9.17) is 28.0 Å². The third-order valence-electron chi connectivity index (χ3n) is 8.25. The van der Waals surface area contributed by atoms with E-state index < -0.39 is 116 Å². The van der Waals surface area contributed by atoms with Gasteiger partial charge in [-0.2, -0.15) is 0 Å². The Morgan fingerprint density at radius 3 is 2.38 bits per heavy atom. The molecule has 40 heavy (non-hydrogen) atoms. The van der Waals surface area contributed by atoms with Crippen LogP contribution in [0.5, 0.6) is 0 Å². The average molecular weight is 657 g/mol. The van der Waals surface area contributed by atoms with Gasteiger partial charge >= 0.3 is 19.9 Å². The molecule has 5 heterocycles. The Kier molecular flexibility index (Phi) is 6.83. The fourth-order valence-corrected chi connectivity index (χ4v) is 8.54. The zero-order valence-electron chi connectivity index (χ0n) is 20.8. The number of alkyl halides is 1. The van der Waals surface area contributed by atoms with Crippen molar-refractivity contribution in [2.45, 2.75) is 65.5 Å². The smallest absolute Gasteiger partial charge is 0.394 e. The first kappa shape index (κ1) is 28.4. The topological polar surface area (TPSA) is 232 Å². The van der Waals surface area contributed by atoms with Crippen molar-refractivity contribution in [3.05, 3.63) is 0 Å². The standard InChI is InChI=1S/C20H26BrN4O14P/c1-34-11-9(27)6-4-36-40(32,33)39-10-5(3-26)37-16(12(10)35-2)25-13-8-7(20(13,21)17(29)23-19(25)31)14(28)22-18(30)24(8)15(11)38-6/h5-13,15-16,26-27H,3-4H2,1-2H3,(H,32,33)(H,22,28,30)(H,23,29,31)/t5-,6-,7?,8?,9-,10-,11-,12-,13?,15-,16-,20?/m1/s1. The molecule has 5 aliphatic heterocycles. The molecular formula is C20H26BrN4O14P. The highest BCUT2D eigenvalue weighted by Gasteiger charge is 2.78. The molecule has 0 aromatic heterocycles. The number of rotatable bonds is 3. The Morgan fingerprint density at radius 1 is 1.07 bits per heavy atom. The van der Waals surface area contributed by atoms with Crippen molar-refractivity contribution < 1.29 is 66.8 Å². The number of carbonyl (C=O) groups is 4. The number of halogens is 1. The number of nitrogens with one attached hydrogen (secondary N) is 2. The van der Waals surface area contributed by atoms with Crippen LogP contribution in [0.15, 0.2) is 0 Å². The summed E-state index contributed by atoms with van der Waals surface area (Å²) in [6.07, 6.45) is -11.0. The van der Waals surface area contributed by atoms with Crippen LogP contribution in [-0.2, 0) is 42.1 Å². The van der Waals surface area contributed by atoms with Gasteiger partial charge in [0, 0.05) is 14.2 Å². The van der Waals surface area contributed by atoms with E-state index in [2.05, 4.69) is 26.6 Å². The van der Waals surface area contributed by atoms with Gasteiger partial charge in [-0.1, -0.05) is 15.9 Å². The van der Waals surface area contributed by atoms with Gasteiger partial charge in [-0.3, -0.25) is 39.1 Å². The first-order chi connectivity index (χ1) is 18.9. The van der Waals surface area contributed by atoms with Crippen LogP contribution in [0.25, 0.3) is 0 Å². The SMILES string of the molecule is CO[C@@H]1[C@H](O)[C@H]2COP(=O)(O)O[C@H]3[C@@H](OC)[C@@H](O[C@@H]3CO)N3C(=O)NC(=O)C4(Br)C5C(=O)NC(=O)N(C5C34)[C@@H]1O2. The molecule has 6 fully saturated rings. The van der Waals surface area contributed by atoms with E-state index >= 15 is 0 Å². The van der Waals surface area contributed by atoms with Gasteiger partial charge in [-0.15, -0.1) is 0 Å². The number of aliphatic hydroxyl groups excluding tert-OH is 2. The molecule has 1 saturated carbocycles. The summed E-state index contributed by atoms with van der Waals surface area (Å²) < 4.78 is 44.2. The molecule has 6 aliphatic rings. The summed E-state index contributed by atoms with van der Waals surface area (Å²) >= 11 is 3.36. The Balaban J connectivity index is 1.52. The fourth-order valence-electron chi connectivity index (χ4n) is 6.52. The van der Waals surface area contributed by atoms with Crippen LogP contribution >= 0.6 is 23.8 Å². The maximum Gasteiger partial charge on any atom is 0.472 e. The number of aliphatic hydroxyl groups is 2. The number of amides is 6. The van der Waals surface area contributed by atoms with Gasteiger partial charge in [0.05, 0.1) is 31.2 Å². The van der Waals surface area contributed by atoms with Crippen molar-refractivity contribution in [1.82, 2.24) is 20.4 Å². The molecule has 0 aromatic rings. The monoisotopic (exact) mass is 656 g/mol. The zero-order chi connectivity index (χ0) is 28.9. The molecule has 5 unspecified atom stereocenters. The number of urea groups is 2. The van der Waals surface area contributed by atoms with Crippen molar-refractivity contribution >= 4 is 47.6 Å². The predicted molar refractivity (Wildman–Crippen MR) is 126 cm³/mol. The normalized spacial score (nSPS) is 50.1. The van der Waals surface area contributed by atoms with Crippen molar-refractivity contribution in [2.75, 3.05) is 27.4 Å². The first-order valence-electron chi connectivity index (χ1n) is 12.2. The zero-order valence-corrected chi connectivity index (χ0v) is 23.3. The third-order valence-corrected chi connectivity index (χ3v) is 10.6. The largest absolute Gasteiger partial charge is 0.472 e. The maximum absolute atomic E-state index is 13.4. The third kappa shape index (κ3) is 3.77. The van der Waals surface area contributed by atoms with E-state index in [0.29, 0.717) is 0 Å². The molecule has 6 amide bonds. The Morgan fingerprint density at radius 2 is 1.73 bits per heavy atom. The van der Waals surface area contributed by atoms with Gasteiger partial charge < -0.3 is 34.1 Å². The van der Waals surface area contributed by atoms with Crippen molar-refractivity contribution in [3.8, 4) is 0 Å². The number of imide groups is 2. The van der Waals surface area contributed by atoms with Gasteiger partial charge in [0.25, 0.3) is 0 Å². The molecular weight excluding hydrogens is 631 g/mol. The minimum atomic E-state index is -4.94. The molecule has 0 spiro atoms. The molecule has 222 valence electrons. The van der Waals surface area contributed by atoms with Gasteiger partial charge in [0.15, 0.2) is 12.5 Å². The van der Waals surface area contributed by atoms with Crippen molar-refractivity contribution in [3.63, 3.8) is 0 Å². The Hall–Kier alpha value is -1.77. The minimum Gasteiger partial charge on any atom is -0.394 e. The summed E-state index contributed by atoms with van der Waals surface area (Å²) in [6, 6.07) is -4.43. The van der Waals surface area contributed by atoms with E-state index in [1.165, 1.54) is 14.2 Å². The molecule has 13 atom stereocenters. The lowest BCUT2D eigenvalue weighted by molar-refractivity contribution is -0.194. The van der Waals surface area contributed by atoms with E-state index in [1.54, 1.807) is 0 Å². The lowest BCUT2D eigenvalue weighted by Gasteiger charge is -2.66. The average Bonchev–Trinajstić information content (AvgIpc) is 3.39. The lowest BCUT2D eigenvalue weighted by atomic mass is 9.60. The molecule has 5 saturated heterocycles. The number of fused-ring (bicyclic) bond motifs is 7. The number of phosphoric acid groups is 1. The second kappa shape index (κ2) is 9.63. The molecule has 5 N–H and O–H groups in total. The quantitative estimate of drug-likeness (QED) is 0.150. The van der Waals surface area contributed by atoms with Crippen LogP contribution in [0.1, 0.15) is 0 Å². The maximum atomic E-state index is 13.4. The highest BCUT2D eigenvalue weighted by molar-refractivity contribution is 9.10.